The van der Waals surface area contributed by atoms with Gasteiger partial charge in [0.2, 0.25) is 0 Å². The first-order valence-corrected chi connectivity index (χ1v) is 7.05. The molecule has 0 spiro atoms. The fourth-order valence-corrected chi connectivity index (χ4v) is 3.23. The Morgan fingerprint density at radius 3 is 2.57 bits per heavy atom. The fourth-order valence-electron chi connectivity index (χ4n) is 3.23. The lowest BCUT2D eigenvalue weighted by molar-refractivity contribution is 0.354. The van der Waals surface area contributed by atoms with Gasteiger partial charge in [-0.1, -0.05) is 6.07 Å². The molecule has 5 heteroatoms. The van der Waals surface area contributed by atoms with Crippen LogP contribution in [-0.2, 0) is 0 Å². The minimum Gasteiger partial charge on any atom is -0.493 e. The van der Waals surface area contributed by atoms with E-state index in [1.54, 1.807) is 14.2 Å². The van der Waals surface area contributed by atoms with E-state index in [0.717, 1.165) is 36.0 Å². The quantitative estimate of drug-likeness (QED) is 0.799. The van der Waals surface area contributed by atoms with Crippen molar-refractivity contribution in [3.8, 4) is 11.5 Å². The molecule has 1 aromatic carbocycles. The van der Waals surface area contributed by atoms with Crippen molar-refractivity contribution >= 4 is 11.7 Å². The van der Waals surface area contributed by atoms with Gasteiger partial charge in [0.05, 0.1) is 14.2 Å². The number of rotatable bonds is 3. The molecule has 0 aromatic heterocycles. The Morgan fingerprint density at radius 1 is 1.10 bits per heavy atom. The van der Waals surface area contributed by atoms with Crippen LogP contribution in [0.25, 0.3) is 0 Å². The molecule has 0 bridgehead atoms. The van der Waals surface area contributed by atoms with E-state index in [-0.39, 0.29) is 5.92 Å². The van der Waals surface area contributed by atoms with Crippen molar-refractivity contribution in [3.05, 3.63) is 34.9 Å². The lowest BCUT2D eigenvalue weighted by Crippen LogP contribution is -2.22. The predicted octanol–water partition coefficient (Wildman–Crippen LogP) is 2.83. The molecule has 0 fully saturated rings. The summed E-state index contributed by atoms with van der Waals surface area (Å²) in [5, 5.41) is 18.9. The fraction of sp³-hybridized carbons (Fsp3) is 0.375. The lowest BCUT2D eigenvalue weighted by atomic mass is 9.79. The van der Waals surface area contributed by atoms with Crippen molar-refractivity contribution in [3.63, 3.8) is 0 Å². The molecule has 2 aliphatic rings. The zero-order valence-corrected chi connectivity index (χ0v) is 12.2. The monoisotopic (exact) mass is 285 g/mol. The van der Waals surface area contributed by atoms with E-state index >= 15 is 0 Å². The first kappa shape index (κ1) is 13.7. The molecule has 21 heavy (non-hydrogen) atoms. The summed E-state index contributed by atoms with van der Waals surface area (Å²) < 4.78 is 10.7. The van der Waals surface area contributed by atoms with Crippen LogP contribution in [0.3, 0.4) is 0 Å². The smallest absolute Gasteiger partial charge is 0.161 e. The zero-order chi connectivity index (χ0) is 15.0. The van der Waals surface area contributed by atoms with E-state index in [1.807, 2.05) is 18.2 Å². The molecule has 1 heterocycles. The molecular formula is C16H19N3O2. The predicted molar refractivity (Wildman–Crippen MR) is 81.8 cm³/mol. The van der Waals surface area contributed by atoms with E-state index < -0.39 is 0 Å². The molecular weight excluding hydrogens is 266 g/mol. The van der Waals surface area contributed by atoms with Crippen molar-refractivity contribution in [1.82, 2.24) is 5.32 Å². The Hall–Kier alpha value is -2.30. The third-order valence-electron chi connectivity index (χ3n) is 4.22. The molecule has 110 valence electrons. The zero-order valence-electron chi connectivity index (χ0n) is 12.2. The third kappa shape index (κ3) is 2.18. The number of nitrogens with one attached hydrogen (secondary N) is 3. The van der Waals surface area contributed by atoms with E-state index in [2.05, 4.69) is 5.32 Å². The Balaban J connectivity index is 2.04. The summed E-state index contributed by atoms with van der Waals surface area (Å²) in [6.45, 7) is 0. The van der Waals surface area contributed by atoms with Gasteiger partial charge in [0.1, 0.15) is 11.7 Å². The second kappa shape index (κ2) is 5.24. The van der Waals surface area contributed by atoms with Gasteiger partial charge in [-0.25, -0.2) is 0 Å². The highest BCUT2D eigenvalue weighted by atomic mass is 16.5. The molecule has 0 saturated heterocycles. The Morgan fingerprint density at radius 2 is 1.86 bits per heavy atom. The van der Waals surface area contributed by atoms with E-state index in [1.165, 1.54) is 0 Å². The van der Waals surface area contributed by atoms with Gasteiger partial charge >= 0.3 is 0 Å². The van der Waals surface area contributed by atoms with E-state index in [0.29, 0.717) is 23.2 Å². The van der Waals surface area contributed by atoms with Crippen LogP contribution < -0.4 is 14.8 Å². The lowest BCUT2D eigenvalue weighted by Gasteiger charge is -2.24. The van der Waals surface area contributed by atoms with Gasteiger partial charge in [-0.15, -0.1) is 0 Å². The van der Waals surface area contributed by atoms with Gasteiger partial charge in [-0.05, 0) is 37.0 Å². The number of hydrogen-bond donors (Lipinski definition) is 3. The number of methoxy groups -OCH3 is 2. The molecule has 0 radical (unpaired) electrons. The standard InChI is InChI=1S/C16H19N3O2/c1-20-12-7-6-9(8-13(12)21-2)10-4-3-5-11-14(10)16(18)19-15(11)17/h6-8,10H,3-5H2,1-2H3,(H3,17,18,19). The maximum atomic E-state index is 8.09. The molecule has 5 nitrogen and oxygen atoms in total. The van der Waals surface area contributed by atoms with Crippen LogP contribution in [-0.4, -0.2) is 25.9 Å². The van der Waals surface area contributed by atoms with E-state index in [4.69, 9.17) is 20.3 Å². The van der Waals surface area contributed by atoms with Gasteiger partial charge in [-0.2, -0.15) is 0 Å². The van der Waals surface area contributed by atoms with Crippen LogP contribution in [0.4, 0.5) is 0 Å². The summed E-state index contributed by atoms with van der Waals surface area (Å²) in [5.74, 6) is 2.32. The summed E-state index contributed by atoms with van der Waals surface area (Å²) in [5.41, 5.74) is 3.07. The molecule has 1 unspecified atom stereocenters. The van der Waals surface area contributed by atoms with E-state index in [9.17, 15) is 0 Å². The van der Waals surface area contributed by atoms with Gasteiger partial charge in [-0.3, -0.25) is 10.8 Å². The Kier molecular flexibility index (Phi) is 3.41. The highest BCUT2D eigenvalue weighted by Gasteiger charge is 2.34. The summed E-state index contributed by atoms with van der Waals surface area (Å²) in [7, 11) is 3.25. The molecule has 3 N–H and O–H groups in total. The largest absolute Gasteiger partial charge is 0.493 e. The Bertz CT molecular complexity index is 649. The van der Waals surface area contributed by atoms with Crippen LogP contribution in [0.1, 0.15) is 30.7 Å². The van der Waals surface area contributed by atoms with Crippen LogP contribution in [0.5, 0.6) is 11.5 Å². The van der Waals surface area contributed by atoms with Crippen LogP contribution in [0.15, 0.2) is 29.3 Å². The maximum absolute atomic E-state index is 8.09. The average Bonchev–Trinajstić information content (AvgIpc) is 2.81. The molecule has 1 aromatic rings. The van der Waals surface area contributed by atoms with Crippen LogP contribution in [0.2, 0.25) is 0 Å². The highest BCUT2D eigenvalue weighted by molar-refractivity contribution is 6.22. The SMILES string of the molecule is COc1ccc(C2CCCC3=C2C(=N)NC3=N)cc1OC. The topological polar surface area (TPSA) is 78.2 Å². The minimum atomic E-state index is 0.149. The molecule has 1 aliphatic carbocycles. The molecule has 3 rings (SSSR count). The normalized spacial score (nSPS) is 21.1. The Labute approximate surface area is 124 Å². The number of benzene rings is 1. The summed E-state index contributed by atoms with van der Waals surface area (Å²) >= 11 is 0. The third-order valence-corrected chi connectivity index (χ3v) is 4.22. The molecule has 1 aliphatic heterocycles. The maximum Gasteiger partial charge on any atom is 0.161 e. The van der Waals surface area contributed by atoms with Crippen molar-refractivity contribution in [1.29, 1.82) is 10.8 Å². The second-order valence-corrected chi connectivity index (χ2v) is 5.33. The van der Waals surface area contributed by atoms with Crippen LogP contribution in [0, 0.1) is 10.8 Å². The first-order chi connectivity index (χ1) is 10.2. The average molecular weight is 285 g/mol. The highest BCUT2D eigenvalue weighted by Crippen LogP contribution is 2.42. The minimum absolute atomic E-state index is 0.149. The number of ether oxygens (including phenoxy) is 2. The van der Waals surface area contributed by atoms with Crippen molar-refractivity contribution in [2.75, 3.05) is 14.2 Å². The van der Waals surface area contributed by atoms with Gasteiger partial charge in [0, 0.05) is 17.1 Å². The second-order valence-electron chi connectivity index (χ2n) is 5.33. The number of amidine groups is 2. The molecule has 0 saturated carbocycles. The van der Waals surface area contributed by atoms with Gasteiger partial charge in [0.25, 0.3) is 0 Å². The molecule has 0 amide bonds. The van der Waals surface area contributed by atoms with Crippen molar-refractivity contribution < 1.29 is 9.47 Å². The molecule has 1 atom stereocenters. The first-order valence-electron chi connectivity index (χ1n) is 7.05. The van der Waals surface area contributed by atoms with Crippen LogP contribution >= 0.6 is 0 Å². The van der Waals surface area contributed by atoms with Gasteiger partial charge < -0.3 is 14.8 Å². The summed E-state index contributed by atoms with van der Waals surface area (Å²) in [6, 6.07) is 5.91. The summed E-state index contributed by atoms with van der Waals surface area (Å²) in [6.07, 6.45) is 2.91. The van der Waals surface area contributed by atoms with Gasteiger partial charge in [0.15, 0.2) is 11.5 Å². The summed E-state index contributed by atoms with van der Waals surface area (Å²) in [4.78, 5) is 0. The van der Waals surface area contributed by atoms with Crippen molar-refractivity contribution in [2.24, 2.45) is 0 Å². The number of hydrogen-bond acceptors (Lipinski definition) is 4. The van der Waals surface area contributed by atoms with Crippen molar-refractivity contribution in [2.45, 2.75) is 25.2 Å².